The average Bonchev–Trinajstić information content (AvgIpc) is 3.98. The fraction of sp³-hybridized carbons (Fsp3) is 0.540. The number of benzene rings is 3. The van der Waals surface area contributed by atoms with E-state index in [1.54, 1.807) is 16.7 Å². The van der Waals surface area contributed by atoms with Gasteiger partial charge in [0.05, 0.1) is 36.2 Å². The lowest BCUT2D eigenvalue weighted by atomic mass is 9.69. The van der Waals surface area contributed by atoms with Crippen LogP contribution in [0.2, 0.25) is 0 Å². The summed E-state index contributed by atoms with van der Waals surface area (Å²) in [5.41, 5.74) is 14.5. The number of ether oxygens (including phenoxy) is 1. The van der Waals surface area contributed by atoms with Crippen LogP contribution in [-0.4, -0.2) is 64.9 Å². The Labute approximate surface area is 354 Å². The molecule has 4 unspecified atom stereocenters. The first-order chi connectivity index (χ1) is 28.7. The monoisotopic (exact) mass is 806 g/mol. The van der Waals surface area contributed by atoms with Crippen LogP contribution in [-0.2, 0) is 18.8 Å². The predicted molar refractivity (Wildman–Crippen MR) is 234 cm³/mol. The molecule has 312 valence electrons. The van der Waals surface area contributed by atoms with Crippen LogP contribution in [0, 0.1) is 11.3 Å². The van der Waals surface area contributed by atoms with E-state index in [-0.39, 0.29) is 41.6 Å². The number of fused-ring (bicyclic) bond motifs is 10. The van der Waals surface area contributed by atoms with Crippen LogP contribution in [0.15, 0.2) is 54.7 Å². The minimum Gasteiger partial charge on any atom is -0.453 e. The second-order valence-corrected chi connectivity index (χ2v) is 20.8. The molecule has 3 saturated carbocycles. The maximum absolute atomic E-state index is 14.0. The van der Waals surface area contributed by atoms with Crippen LogP contribution in [0.1, 0.15) is 157 Å². The number of alkyl carbamates (subject to hydrolysis) is 1. The summed E-state index contributed by atoms with van der Waals surface area (Å²) in [6.07, 6.45) is 12.0. The first kappa shape index (κ1) is 38.5. The predicted octanol–water partition coefficient (Wildman–Crippen LogP) is 9.87. The van der Waals surface area contributed by atoms with Crippen molar-refractivity contribution >= 4 is 24.6 Å². The van der Waals surface area contributed by atoms with Gasteiger partial charge in [-0.3, -0.25) is 4.79 Å². The van der Waals surface area contributed by atoms with Gasteiger partial charge >= 0.3 is 13.2 Å². The molecule has 2 amide bonds. The lowest BCUT2D eigenvalue weighted by Crippen LogP contribution is -2.51. The summed E-state index contributed by atoms with van der Waals surface area (Å²) in [4.78, 5) is 36.6. The molecule has 5 aliphatic carbocycles. The van der Waals surface area contributed by atoms with E-state index in [2.05, 4.69) is 86.5 Å². The lowest BCUT2D eigenvalue weighted by Gasteiger charge is -2.32. The fourth-order valence-corrected chi connectivity index (χ4v) is 12.4. The van der Waals surface area contributed by atoms with Crippen molar-refractivity contribution in [3.05, 3.63) is 82.8 Å². The summed E-state index contributed by atoms with van der Waals surface area (Å²) >= 11 is 0. The smallest absolute Gasteiger partial charge is 0.453 e. The van der Waals surface area contributed by atoms with E-state index in [0.717, 1.165) is 36.3 Å². The number of nitrogens with one attached hydrogen (secondary N) is 2. The highest BCUT2D eigenvalue weighted by Gasteiger charge is 2.56. The zero-order valence-electron chi connectivity index (χ0n) is 36.3. The van der Waals surface area contributed by atoms with Gasteiger partial charge in [-0.15, -0.1) is 0 Å². The minimum absolute atomic E-state index is 0.0751. The third-order valence-corrected chi connectivity index (χ3v) is 16.5. The van der Waals surface area contributed by atoms with Crippen LogP contribution >= 0.6 is 0 Å². The third-order valence-electron chi connectivity index (χ3n) is 16.5. The summed E-state index contributed by atoms with van der Waals surface area (Å²) in [5, 5.41) is 2.79. The molecule has 3 aromatic carbocycles. The van der Waals surface area contributed by atoms with Crippen LogP contribution in [0.25, 0.3) is 33.5 Å². The number of likely N-dealkylation sites (tertiary alicyclic amines) is 1. The second kappa shape index (κ2) is 13.5. The number of methoxy groups -OCH3 is 1. The zero-order valence-corrected chi connectivity index (χ0v) is 36.3. The number of aromatic nitrogens is 2. The Morgan fingerprint density at radius 2 is 1.35 bits per heavy atom. The molecule has 6 atom stereocenters. The van der Waals surface area contributed by atoms with Crippen molar-refractivity contribution in [3.8, 4) is 33.5 Å². The third kappa shape index (κ3) is 5.89. The molecule has 9 nitrogen and oxygen atoms in total. The number of hydrogen-bond donors (Lipinski definition) is 2. The van der Waals surface area contributed by atoms with Crippen molar-refractivity contribution in [3.63, 3.8) is 0 Å². The number of aromatic amines is 1. The van der Waals surface area contributed by atoms with Gasteiger partial charge in [-0.2, -0.15) is 0 Å². The normalized spacial score (nSPS) is 27.5. The first-order valence-corrected chi connectivity index (χ1v) is 22.7. The van der Waals surface area contributed by atoms with Crippen molar-refractivity contribution in [2.24, 2.45) is 11.3 Å². The van der Waals surface area contributed by atoms with Gasteiger partial charge in [0.15, 0.2) is 0 Å². The van der Waals surface area contributed by atoms with Gasteiger partial charge < -0.3 is 29.2 Å². The van der Waals surface area contributed by atoms with E-state index in [1.165, 1.54) is 78.9 Å². The highest BCUT2D eigenvalue weighted by Crippen LogP contribution is 2.62. The second-order valence-electron chi connectivity index (χ2n) is 20.8. The molecular weight excluding hydrogens is 747 g/mol. The Bertz CT molecular complexity index is 2400. The summed E-state index contributed by atoms with van der Waals surface area (Å²) in [6, 6.07) is 17.8. The topological polar surface area (TPSA) is 106 Å². The van der Waals surface area contributed by atoms with Crippen molar-refractivity contribution in [1.29, 1.82) is 0 Å². The Hall–Kier alpha value is -4.41. The molecule has 1 aromatic heterocycles. The molecule has 4 aromatic rings. The van der Waals surface area contributed by atoms with Gasteiger partial charge in [-0.1, -0.05) is 62.4 Å². The van der Waals surface area contributed by atoms with Gasteiger partial charge in [0, 0.05) is 6.54 Å². The molecule has 5 fully saturated rings. The number of hydrogen-bond acceptors (Lipinski definition) is 6. The molecule has 7 aliphatic rings. The van der Waals surface area contributed by atoms with E-state index in [1.807, 2.05) is 24.9 Å². The number of imidazole rings is 1. The summed E-state index contributed by atoms with van der Waals surface area (Å²) in [6.45, 7) is 13.2. The largest absolute Gasteiger partial charge is 0.495 e. The SMILES string of the molecule is COC(=O)N[C@H](C(=O)N1CC2(CC2)C[C@H]1c1ncc(-c2ccc(-c3ccc(-c4ccc(B5OC(C)(C)C(C)(C)O5)c5c4C4CCC5C4)c4c3C3CCC4C3)cc2)[nH]1)C(C)C. The molecule has 11 rings (SSSR count). The number of rotatable bonds is 8. The van der Waals surface area contributed by atoms with E-state index in [0.29, 0.717) is 30.2 Å². The van der Waals surface area contributed by atoms with Crippen molar-refractivity contribution in [1.82, 2.24) is 20.2 Å². The molecule has 3 heterocycles. The van der Waals surface area contributed by atoms with E-state index < -0.39 is 12.1 Å². The van der Waals surface area contributed by atoms with Gasteiger partial charge in [0.1, 0.15) is 11.9 Å². The molecule has 1 spiro atoms. The first-order valence-electron chi connectivity index (χ1n) is 22.7. The van der Waals surface area contributed by atoms with Gasteiger partial charge in [0.25, 0.3) is 0 Å². The number of carbonyl (C=O) groups is 2. The standard InChI is InChI=1S/C50H59BN4O5/c1-27(2)44(54-47(57)58-7)46(56)55-26-50(20-21-50)24-39(55)45-52-25-38(53-45)29-10-8-28(9-11-29)34-16-17-35(41-31-13-12-30(22-31)40(34)41)36-18-19-37(43-33-15-14-32(23-33)42(36)43)51-59-48(3,4)49(5,6)60-51/h8-11,16-19,25,27,30-33,39,44H,12-15,20-24,26H2,1-7H3,(H,52,53)(H,54,57)/t30?,31?,32?,33?,39-,44-/m0/s1. The van der Waals surface area contributed by atoms with Crippen LogP contribution < -0.4 is 10.8 Å². The quantitative estimate of drug-likeness (QED) is 0.172. The molecular formula is C50H59BN4O5. The van der Waals surface area contributed by atoms with Crippen LogP contribution in [0.3, 0.4) is 0 Å². The molecule has 4 bridgehead atoms. The Balaban J connectivity index is 0.893. The van der Waals surface area contributed by atoms with Crippen molar-refractivity contribution < 1.29 is 23.6 Å². The lowest BCUT2D eigenvalue weighted by molar-refractivity contribution is -0.135. The van der Waals surface area contributed by atoms with Crippen LogP contribution in [0.4, 0.5) is 4.79 Å². The molecule has 60 heavy (non-hydrogen) atoms. The van der Waals surface area contributed by atoms with E-state index in [4.69, 9.17) is 19.0 Å². The van der Waals surface area contributed by atoms with Gasteiger partial charge in [-0.25, -0.2) is 9.78 Å². The molecule has 2 saturated heterocycles. The Kier molecular flexibility index (Phi) is 8.69. The molecule has 2 aliphatic heterocycles. The van der Waals surface area contributed by atoms with Crippen molar-refractivity contribution in [2.75, 3.05) is 13.7 Å². The van der Waals surface area contributed by atoms with Crippen LogP contribution in [0.5, 0.6) is 0 Å². The zero-order chi connectivity index (χ0) is 41.5. The molecule has 2 N–H and O–H groups in total. The van der Waals surface area contributed by atoms with Gasteiger partial charge in [0.2, 0.25) is 5.91 Å². The minimum atomic E-state index is -0.662. The summed E-state index contributed by atoms with van der Waals surface area (Å²) in [5.74, 6) is 3.07. The Morgan fingerprint density at radius 3 is 1.95 bits per heavy atom. The summed E-state index contributed by atoms with van der Waals surface area (Å²) < 4.78 is 18.2. The highest BCUT2D eigenvalue weighted by molar-refractivity contribution is 6.62. The maximum atomic E-state index is 14.0. The van der Waals surface area contributed by atoms with E-state index >= 15 is 0 Å². The molecule has 10 heteroatoms. The maximum Gasteiger partial charge on any atom is 0.495 e. The Morgan fingerprint density at radius 1 is 0.800 bits per heavy atom. The summed E-state index contributed by atoms with van der Waals surface area (Å²) in [7, 11) is 1.00. The highest BCUT2D eigenvalue weighted by atomic mass is 16.7. The molecule has 0 radical (unpaired) electrons. The number of carbonyl (C=O) groups excluding carboxylic acids is 2. The fourth-order valence-electron chi connectivity index (χ4n) is 12.4. The van der Waals surface area contributed by atoms with E-state index in [9.17, 15) is 9.59 Å². The number of nitrogens with zero attached hydrogens (tertiary/aromatic N) is 2. The number of amides is 2. The van der Waals surface area contributed by atoms with Crippen molar-refractivity contribution in [2.45, 2.75) is 146 Å². The number of H-pyrrole nitrogens is 1. The van der Waals surface area contributed by atoms with Gasteiger partial charge in [-0.05, 0) is 176 Å². The average molecular weight is 807 g/mol.